The number of nitrogens with zero attached hydrogens (tertiary/aromatic N) is 4. The van der Waals surface area contributed by atoms with Gasteiger partial charge in [-0.25, -0.2) is 4.79 Å². The minimum absolute atomic E-state index is 0.0758. The van der Waals surface area contributed by atoms with Gasteiger partial charge in [-0.15, -0.1) is 0 Å². The average molecular weight is 278 g/mol. The number of carbonyl (C=O) groups is 1. The van der Waals surface area contributed by atoms with Gasteiger partial charge in [0.1, 0.15) is 5.82 Å². The van der Waals surface area contributed by atoms with E-state index in [-0.39, 0.29) is 6.03 Å². The second kappa shape index (κ2) is 5.70. The van der Waals surface area contributed by atoms with E-state index in [2.05, 4.69) is 15.3 Å². The summed E-state index contributed by atoms with van der Waals surface area (Å²) < 4.78 is 1.99. The number of likely N-dealkylation sites (tertiary alicyclic amines) is 1. The Labute approximate surface area is 118 Å². The molecule has 1 aromatic heterocycles. The maximum Gasteiger partial charge on any atom is 0.317 e. The molecule has 2 fully saturated rings. The first-order valence-electron chi connectivity index (χ1n) is 7.28. The zero-order chi connectivity index (χ0) is 13.9. The van der Waals surface area contributed by atoms with Crippen LogP contribution in [0.3, 0.4) is 0 Å². The molecule has 20 heavy (non-hydrogen) atoms. The molecule has 7 nitrogen and oxygen atoms in total. The maximum absolute atomic E-state index is 11.5. The van der Waals surface area contributed by atoms with E-state index in [0.717, 1.165) is 52.1 Å². The second-order valence-corrected chi connectivity index (χ2v) is 5.51. The van der Waals surface area contributed by atoms with Crippen LogP contribution >= 0.6 is 0 Å². The van der Waals surface area contributed by atoms with E-state index in [4.69, 9.17) is 5.73 Å². The van der Waals surface area contributed by atoms with Crippen molar-refractivity contribution in [3.8, 4) is 0 Å². The molecule has 2 aliphatic heterocycles. The number of hydrogen-bond acceptors (Lipinski definition) is 4. The third-order valence-corrected chi connectivity index (χ3v) is 4.19. The van der Waals surface area contributed by atoms with Gasteiger partial charge in [0.15, 0.2) is 0 Å². The third-order valence-electron chi connectivity index (χ3n) is 4.19. The number of carbonyl (C=O) groups excluding carboxylic acids is 1. The number of hydrogen-bond donors (Lipinski definition) is 2. The van der Waals surface area contributed by atoms with Crippen molar-refractivity contribution in [1.29, 1.82) is 0 Å². The summed E-state index contributed by atoms with van der Waals surface area (Å²) in [6.45, 7) is 5.51. The van der Waals surface area contributed by atoms with Crippen LogP contribution in [0.4, 0.5) is 10.6 Å². The first-order valence-corrected chi connectivity index (χ1v) is 7.28. The van der Waals surface area contributed by atoms with Crippen molar-refractivity contribution >= 4 is 11.8 Å². The molecule has 1 aromatic rings. The molecule has 0 saturated carbocycles. The predicted octanol–water partition coefficient (Wildman–Crippen LogP) is 0.127. The molecular formula is C13H22N6O. The molecule has 3 heterocycles. The molecule has 0 atom stereocenters. The van der Waals surface area contributed by atoms with Gasteiger partial charge < -0.3 is 20.9 Å². The molecule has 7 heteroatoms. The largest absolute Gasteiger partial charge is 0.382 e. The van der Waals surface area contributed by atoms with E-state index < -0.39 is 0 Å². The van der Waals surface area contributed by atoms with Crippen LogP contribution in [0.15, 0.2) is 12.3 Å². The van der Waals surface area contributed by atoms with Crippen LogP contribution in [0.2, 0.25) is 0 Å². The first kappa shape index (κ1) is 13.2. The van der Waals surface area contributed by atoms with E-state index in [1.807, 2.05) is 21.8 Å². The molecule has 0 aromatic carbocycles. The lowest BCUT2D eigenvalue weighted by molar-refractivity contribution is 0.162. The van der Waals surface area contributed by atoms with E-state index in [1.165, 1.54) is 0 Å². The average Bonchev–Trinajstić information content (AvgIpc) is 3.06. The number of nitrogen functional groups attached to an aromatic ring is 1. The Kier molecular flexibility index (Phi) is 3.77. The molecule has 2 aliphatic rings. The maximum atomic E-state index is 11.5. The Bertz CT molecular complexity index is 465. The number of anilines is 1. The summed E-state index contributed by atoms with van der Waals surface area (Å²) in [6.07, 6.45) is 4.14. The summed E-state index contributed by atoms with van der Waals surface area (Å²) in [5, 5.41) is 7.13. The van der Waals surface area contributed by atoms with Crippen LogP contribution in [0, 0.1) is 0 Å². The van der Waals surface area contributed by atoms with Crippen LogP contribution in [-0.4, -0.2) is 64.9 Å². The molecule has 0 spiro atoms. The van der Waals surface area contributed by atoms with Gasteiger partial charge in [0.05, 0.1) is 6.04 Å². The Balaban J connectivity index is 1.43. The van der Waals surface area contributed by atoms with Gasteiger partial charge in [0.25, 0.3) is 0 Å². The van der Waals surface area contributed by atoms with Crippen molar-refractivity contribution in [3.63, 3.8) is 0 Å². The number of nitrogens with one attached hydrogen (secondary N) is 1. The van der Waals surface area contributed by atoms with Gasteiger partial charge in [0.2, 0.25) is 0 Å². The van der Waals surface area contributed by atoms with Gasteiger partial charge in [-0.1, -0.05) is 0 Å². The van der Waals surface area contributed by atoms with E-state index in [1.54, 1.807) is 0 Å². The van der Waals surface area contributed by atoms with Crippen molar-refractivity contribution in [2.24, 2.45) is 0 Å². The van der Waals surface area contributed by atoms with Gasteiger partial charge in [-0.2, -0.15) is 5.10 Å². The summed E-state index contributed by atoms with van der Waals surface area (Å²) in [7, 11) is 0. The molecule has 2 saturated heterocycles. The lowest BCUT2D eigenvalue weighted by atomic mass is 10.1. The minimum Gasteiger partial charge on any atom is -0.382 e. The Morgan fingerprint density at radius 2 is 2.10 bits per heavy atom. The third kappa shape index (κ3) is 2.87. The topological polar surface area (TPSA) is 79.4 Å². The van der Waals surface area contributed by atoms with Crippen LogP contribution in [0.25, 0.3) is 0 Å². The molecule has 0 bridgehead atoms. The standard InChI is InChI=1S/C13H22N6O/c14-12-3-7-19(16-12)11-1-5-17(6-2-11)9-10-18-8-4-15-13(18)20/h3,7,11H,1-2,4-6,8-10H2,(H2,14,16)(H,15,20). The fraction of sp³-hybridized carbons (Fsp3) is 0.692. The molecule has 3 rings (SSSR count). The highest BCUT2D eigenvalue weighted by atomic mass is 16.2. The molecule has 3 N–H and O–H groups in total. The normalized spacial score (nSPS) is 21.4. The molecule has 0 unspecified atom stereocenters. The first-order chi connectivity index (χ1) is 9.72. The quantitative estimate of drug-likeness (QED) is 0.820. The second-order valence-electron chi connectivity index (χ2n) is 5.51. The molecular weight excluding hydrogens is 256 g/mol. The number of urea groups is 1. The van der Waals surface area contributed by atoms with E-state index >= 15 is 0 Å². The summed E-state index contributed by atoms with van der Waals surface area (Å²) in [6, 6.07) is 2.38. The number of nitrogens with two attached hydrogens (primary N) is 1. The van der Waals surface area contributed by atoms with Crippen molar-refractivity contribution in [2.45, 2.75) is 18.9 Å². The van der Waals surface area contributed by atoms with Gasteiger partial charge in [-0.05, 0) is 18.9 Å². The minimum atomic E-state index is 0.0758. The van der Waals surface area contributed by atoms with Crippen molar-refractivity contribution in [1.82, 2.24) is 24.9 Å². The van der Waals surface area contributed by atoms with Crippen molar-refractivity contribution < 1.29 is 4.79 Å². The molecule has 110 valence electrons. The highest BCUT2D eigenvalue weighted by Crippen LogP contribution is 2.22. The monoisotopic (exact) mass is 278 g/mol. The lowest BCUT2D eigenvalue weighted by Gasteiger charge is -2.32. The van der Waals surface area contributed by atoms with Gasteiger partial charge in [0, 0.05) is 45.5 Å². The summed E-state index contributed by atoms with van der Waals surface area (Å²) in [4.78, 5) is 15.8. The lowest BCUT2D eigenvalue weighted by Crippen LogP contribution is -2.41. The smallest absolute Gasteiger partial charge is 0.317 e. The van der Waals surface area contributed by atoms with Gasteiger partial charge >= 0.3 is 6.03 Å². The molecule has 2 amide bonds. The summed E-state index contributed by atoms with van der Waals surface area (Å²) in [5.74, 6) is 0.590. The van der Waals surface area contributed by atoms with Crippen molar-refractivity contribution in [2.75, 3.05) is 45.0 Å². The van der Waals surface area contributed by atoms with Crippen LogP contribution in [-0.2, 0) is 0 Å². The molecule has 0 radical (unpaired) electrons. The summed E-state index contributed by atoms with van der Waals surface area (Å²) in [5.41, 5.74) is 5.66. The highest BCUT2D eigenvalue weighted by molar-refractivity contribution is 5.76. The van der Waals surface area contributed by atoms with Crippen molar-refractivity contribution in [3.05, 3.63) is 12.3 Å². The van der Waals surface area contributed by atoms with E-state index in [9.17, 15) is 4.79 Å². The Morgan fingerprint density at radius 1 is 1.30 bits per heavy atom. The summed E-state index contributed by atoms with van der Waals surface area (Å²) >= 11 is 0. The SMILES string of the molecule is Nc1ccn(C2CCN(CCN3CCNC3=O)CC2)n1. The van der Waals surface area contributed by atoms with Crippen LogP contribution in [0.5, 0.6) is 0 Å². The fourth-order valence-electron chi connectivity index (χ4n) is 2.95. The zero-order valence-corrected chi connectivity index (χ0v) is 11.7. The fourth-order valence-corrected chi connectivity index (χ4v) is 2.95. The Hall–Kier alpha value is -1.76. The zero-order valence-electron chi connectivity index (χ0n) is 11.7. The molecule has 0 aliphatic carbocycles. The number of aromatic nitrogens is 2. The number of amides is 2. The number of rotatable bonds is 4. The highest BCUT2D eigenvalue weighted by Gasteiger charge is 2.23. The van der Waals surface area contributed by atoms with Crippen LogP contribution in [0.1, 0.15) is 18.9 Å². The van der Waals surface area contributed by atoms with Gasteiger partial charge in [-0.3, -0.25) is 4.68 Å². The Morgan fingerprint density at radius 3 is 2.70 bits per heavy atom. The number of piperidine rings is 1. The van der Waals surface area contributed by atoms with Crippen LogP contribution < -0.4 is 11.1 Å². The van der Waals surface area contributed by atoms with E-state index in [0.29, 0.717) is 11.9 Å². The predicted molar refractivity (Wildman–Crippen MR) is 76.3 cm³/mol.